The first-order valence-corrected chi connectivity index (χ1v) is 6.82. The number of thiazole rings is 1. The van der Waals surface area contributed by atoms with Gasteiger partial charge in [0, 0.05) is 23.3 Å². The van der Waals surface area contributed by atoms with Gasteiger partial charge in [0.1, 0.15) is 0 Å². The fourth-order valence-electron chi connectivity index (χ4n) is 2.39. The SMILES string of the molecule is CNCC1(c2csc(C3CCC3)n2)CC1. The van der Waals surface area contributed by atoms with Crippen LogP contribution >= 0.6 is 11.3 Å². The highest BCUT2D eigenvalue weighted by atomic mass is 32.1. The van der Waals surface area contributed by atoms with Crippen molar-refractivity contribution in [3.8, 4) is 0 Å². The van der Waals surface area contributed by atoms with Crippen molar-refractivity contribution in [1.82, 2.24) is 10.3 Å². The number of hydrogen-bond acceptors (Lipinski definition) is 3. The second kappa shape index (κ2) is 3.56. The van der Waals surface area contributed by atoms with Crippen LogP contribution in [0.2, 0.25) is 0 Å². The van der Waals surface area contributed by atoms with E-state index in [9.17, 15) is 0 Å². The lowest BCUT2D eigenvalue weighted by Gasteiger charge is -2.22. The van der Waals surface area contributed by atoms with E-state index in [-0.39, 0.29) is 0 Å². The number of nitrogens with zero attached hydrogens (tertiary/aromatic N) is 1. The summed E-state index contributed by atoms with van der Waals surface area (Å²) in [6, 6.07) is 0. The Bertz CT molecular complexity index is 350. The molecule has 0 amide bonds. The van der Waals surface area contributed by atoms with Crippen LogP contribution in [-0.4, -0.2) is 18.6 Å². The van der Waals surface area contributed by atoms with Crippen LogP contribution in [0.4, 0.5) is 0 Å². The van der Waals surface area contributed by atoms with Gasteiger partial charge in [-0.2, -0.15) is 0 Å². The average molecular weight is 222 g/mol. The summed E-state index contributed by atoms with van der Waals surface area (Å²) >= 11 is 1.89. The number of aromatic nitrogens is 1. The van der Waals surface area contributed by atoms with Crippen LogP contribution < -0.4 is 5.32 Å². The van der Waals surface area contributed by atoms with Crippen LogP contribution in [-0.2, 0) is 5.41 Å². The van der Waals surface area contributed by atoms with E-state index in [2.05, 4.69) is 10.7 Å². The summed E-state index contributed by atoms with van der Waals surface area (Å²) in [5.74, 6) is 0.800. The van der Waals surface area contributed by atoms with Crippen LogP contribution in [0.1, 0.15) is 48.7 Å². The van der Waals surface area contributed by atoms with Crippen LogP contribution in [0.3, 0.4) is 0 Å². The molecule has 3 heteroatoms. The molecule has 0 radical (unpaired) electrons. The van der Waals surface area contributed by atoms with Gasteiger partial charge in [0.05, 0.1) is 10.7 Å². The first-order chi connectivity index (χ1) is 7.34. The Morgan fingerprint density at radius 3 is 2.87 bits per heavy atom. The average Bonchev–Trinajstić information content (AvgIpc) is 2.75. The van der Waals surface area contributed by atoms with E-state index in [1.54, 1.807) is 0 Å². The van der Waals surface area contributed by atoms with Crippen molar-refractivity contribution >= 4 is 11.3 Å². The quantitative estimate of drug-likeness (QED) is 0.847. The maximum absolute atomic E-state index is 4.86. The first-order valence-electron chi connectivity index (χ1n) is 5.95. The number of nitrogens with one attached hydrogen (secondary N) is 1. The minimum atomic E-state index is 0.410. The Balaban J connectivity index is 1.78. The molecule has 0 aromatic carbocycles. The molecule has 1 N–H and O–H groups in total. The monoisotopic (exact) mass is 222 g/mol. The maximum Gasteiger partial charge on any atom is 0.0959 e. The van der Waals surface area contributed by atoms with Gasteiger partial charge in [-0.05, 0) is 32.7 Å². The van der Waals surface area contributed by atoms with Crippen molar-refractivity contribution in [2.24, 2.45) is 0 Å². The third kappa shape index (κ3) is 1.62. The minimum absolute atomic E-state index is 0.410. The molecule has 2 saturated carbocycles. The molecule has 2 fully saturated rings. The zero-order valence-corrected chi connectivity index (χ0v) is 10.1. The summed E-state index contributed by atoms with van der Waals surface area (Å²) in [4.78, 5) is 4.86. The molecule has 0 unspecified atom stereocenters. The van der Waals surface area contributed by atoms with Crippen molar-refractivity contribution in [1.29, 1.82) is 0 Å². The van der Waals surface area contributed by atoms with E-state index in [0.717, 1.165) is 12.5 Å². The second-order valence-electron chi connectivity index (χ2n) is 5.01. The fraction of sp³-hybridized carbons (Fsp3) is 0.750. The van der Waals surface area contributed by atoms with Gasteiger partial charge in [-0.25, -0.2) is 4.98 Å². The fourth-order valence-corrected chi connectivity index (χ4v) is 3.50. The van der Waals surface area contributed by atoms with Gasteiger partial charge in [0.2, 0.25) is 0 Å². The van der Waals surface area contributed by atoms with Crippen molar-refractivity contribution in [2.45, 2.75) is 43.4 Å². The highest BCUT2D eigenvalue weighted by molar-refractivity contribution is 7.09. The zero-order chi connectivity index (χ0) is 10.3. The third-order valence-electron chi connectivity index (χ3n) is 3.89. The minimum Gasteiger partial charge on any atom is -0.319 e. The van der Waals surface area contributed by atoms with Crippen LogP contribution in [0.25, 0.3) is 0 Å². The summed E-state index contributed by atoms with van der Waals surface area (Å²) in [5, 5.41) is 7.01. The smallest absolute Gasteiger partial charge is 0.0959 e. The molecule has 2 aliphatic carbocycles. The summed E-state index contributed by atoms with van der Waals surface area (Å²) in [6.07, 6.45) is 6.78. The Labute approximate surface area is 95.1 Å². The van der Waals surface area contributed by atoms with Gasteiger partial charge in [0.15, 0.2) is 0 Å². The van der Waals surface area contributed by atoms with E-state index < -0.39 is 0 Å². The van der Waals surface area contributed by atoms with Gasteiger partial charge in [0.25, 0.3) is 0 Å². The second-order valence-corrected chi connectivity index (χ2v) is 5.90. The number of likely N-dealkylation sites (N-methyl/N-ethyl adjacent to an activating group) is 1. The summed E-state index contributed by atoms with van der Waals surface area (Å²) < 4.78 is 0. The molecule has 1 heterocycles. The van der Waals surface area contributed by atoms with Crippen molar-refractivity contribution in [3.63, 3.8) is 0 Å². The molecule has 0 bridgehead atoms. The number of rotatable bonds is 4. The number of hydrogen-bond donors (Lipinski definition) is 1. The molecule has 3 rings (SSSR count). The molecule has 1 aromatic rings. The normalized spacial score (nSPS) is 23.8. The molecule has 0 spiro atoms. The van der Waals surface area contributed by atoms with E-state index >= 15 is 0 Å². The van der Waals surface area contributed by atoms with Crippen LogP contribution in [0, 0.1) is 0 Å². The predicted octanol–water partition coefficient (Wildman–Crippen LogP) is 2.66. The van der Waals surface area contributed by atoms with Gasteiger partial charge >= 0.3 is 0 Å². The Hall–Kier alpha value is -0.410. The Morgan fingerprint density at radius 1 is 1.53 bits per heavy atom. The molecular formula is C12H18N2S. The van der Waals surface area contributed by atoms with Crippen molar-refractivity contribution in [2.75, 3.05) is 13.6 Å². The largest absolute Gasteiger partial charge is 0.319 e. The lowest BCUT2D eigenvalue weighted by molar-refractivity contribution is 0.416. The van der Waals surface area contributed by atoms with Gasteiger partial charge in [-0.3, -0.25) is 0 Å². The van der Waals surface area contributed by atoms with E-state index in [1.807, 2.05) is 18.4 Å². The van der Waals surface area contributed by atoms with Gasteiger partial charge in [-0.15, -0.1) is 11.3 Å². The van der Waals surface area contributed by atoms with Crippen molar-refractivity contribution < 1.29 is 0 Å². The molecule has 0 aliphatic heterocycles. The maximum atomic E-state index is 4.86. The molecule has 0 atom stereocenters. The Kier molecular flexibility index (Phi) is 2.33. The third-order valence-corrected chi connectivity index (χ3v) is 4.90. The Morgan fingerprint density at radius 2 is 2.33 bits per heavy atom. The lowest BCUT2D eigenvalue weighted by Crippen LogP contribution is -2.24. The molecule has 82 valence electrons. The summed E-state index contributed by atoms with van der Waals surface area (Å²) in [7, 11) is 2.04. The summed E-state index contributed by atoms with van der Waals surface area (Å²) in [5.41, 5.74) is 1.77. The standard InChI is InChI=1S/C12H18N2S/c1-13-8-12(5-6-12)10-7-15-11(14-10)9-3-2-4-9/h7,9,13H,2-6,8H2,1H3. The van der Waals surface area contributed by atoms with E-state index in [1.165, 1.54) is 42.8 Å². The first kappa shape index (κ1) is 9.79. The molecule has 1 aromatic heterocycles. The molecule has 0 saturated heterocycles. The highest BCUT2D eigenvalue weighted by Crippen LogP contribution is 2.49. The lowest BCUT2D eigenvalue weighted by atomic mass is 9.86. The summed E-state index contributed by atoms with van der Waals surface area (Å²) in [6.45, 7) is 1.10. The molecule has 15 heavy (non-hydrogen) atoms. The van der Waals surface area contributed by atoms with E-state index in [0.29, 0.717) is 5.41 Å². The van der Waals surface area contributed by atoms with Gasteiger partial charge < -0.3 is 5.32 Å². The van der Waals surface area contributed by atoms with Crippen molar-refractivity contribution in [3.05, 3.63) is 16.1 Å². The zero-order valence-electron chi connectivity index (χ0n) is 9.25. The van der Waals surface area contributed by atoms with Crippen LogP contribution in [0.15, 0.2) is 5.38 Å². The predicted molar refractivity (Wildman–Crippen MR) is 63.5 cm³/mol. The molecule has 2 nitrogen and oxygen atoms in total. The topological polar surface area (TPSA) is 24.9 Å². The highest BCUT2D eigenvalue weighted by Gasteiger charge is 2.45. The molecular weight excluding hydrogens is 204 g/mol. The van der Waals surface area contributed by atoms with E-state index in [4.69, 9.17) is 4.98 Å². The van der Waals surface area contributed by atoms with Gasteiger partial charge in [-0.1, -0.05) is 6.42 Å². The van der Waals surface area contributed by atoms with Crippen LogP contribution in [0.5, 0.6) is 0 Å². The molecule has 2 aliphatic rings.